The third-order valence-electron chi connectivity index (χ3n) is 3.81. The van der Waals surface area contributed by atoms with Crippen molar-refractivity contribution in [1.82, 2.24) is 19.1 Å². The van der Waals surface area contributed by atoms with Gasteiger partial charge in [-0.15, -0.1) is 0 Å². The van der Waals surface area contributed by atoms with Crippen LogP contribution in [-0.4, -0.2) is 19.1 Å². The van der Waals surface area contributed by atoms with Crippen LogP contribution < -0.4 is 5.32 Å². The second-order valence-corrected chi connectivity index (χ2v) is 7.64. The molecule has 0 bridgehead atoms. The fraction of sp³-hybridized carbons (Fsp3) is 0.667. The highest BCUT2D eigenvalue weighted by molar-refractivity contribution is 7.09. The summed E-state index contributed by atoms with van der Waals surface area (Å²) in [5.74, 6) is 1.62. The maximum absolute atomic E-state index is 4.63. The van der Waals surface area contributed by atoms with Gasteiger partial charge < -0.3 is 5.32 Å². The first-order chi connectivity index (χ1) is 9.84. The Morgan fingerprint density at radius 3 is 2.67 bits per heavy atom. The van der Waals surface area contributed by atoms with E-state index in [0.717, 1.165) is 16.6 Å². The van der Waals surface area contributed by atoms with E-state index in [9.17, 15) is 0 Å². The molecule has 3 rings (SSSR count). The van der Waals surface area contributed by atoms with Gasteiger partial charge in [0.15, 0.2) is 0 Å². The van der Waals surface area contributed by atoms with Crippen molar-refractivity contribution in [2.24, 2.45) is 0 Å². The van der Waals surface area contributed by atoms with E-state index >= 15 is 0 Å². The van der Waals surface area contributed by atoms with Gasteiger partial charge in [0.05, 0.1) is 17.3 Å². The fourth-order valence-electron chi connectivity index (χ4n) is 2.31. The lowest BCUT2D eigenvalue weighted by molar-refractivity contribution is 0.354. The average Bonchev–Trinajstić information content (AvgIpc) is 3.00. The number of hydrogen-bond acceptors (Lipinski definition) is 5. The van der Waals surface area contributed by atoms with Crippen molar-refractivity contribution >= 4 is 16.7 Å². The van der Waals surface area contributed by atoms with E-state index in [2.05, 4.69) is 60.6 Å². The number of aryl methyl sites for hydroxylation is 1. The van der Waals surface area contributed by atoms with E-state index in [1.54, 1.807) is 0 Å². The van der Waals surface area contributed by atoms with Crippen molar-refractivity contribution in [3.05, 3.63) is 23.3 Å². The summed E-state index contributed by atoms with van der Waals surface area (Å²) in [7, 11) is 0. The monoisotopic (exact) mass is 305 g/mol. The Morgan fingerprint density at radius 2 is 2.10 bits per heavy atom. The van der Waals surface area contributed by atoms with Crippen LogP contribution in [0.2, 0.25) is 0 Å². The molecule has 0 amide bonds. The lowest BCUT2D eigenvalue weighted by atomic mass is 10.1. The lowest BCUT2D eigenvalue weighted by Gasteiger charge is -2.19. The smallest absolute Gasteiger partial charge is 0.203 e. The molecule has 1 N–H and O–H groups in total. The maximum Gasteiger partial charge on any atom is 0.203 e. The van der Waals surface area contributed by atoms with Crippen molar-refractivity contribution in [1.29, 1.82) is 0 Å². The van der Waals surface area contributed by atoms with Gasteiger partial charge in [-0.2, -0.15) is 9.47 Å². The third-order valence-corrected chi connectivity index (χ3v) is 4.48. The van der Waals surface area contributed by atoms with Crippen molar-refractivity contribution in [2.75, 3.05) is 5.32 Å². The third kappa shape index (κ3) is 3.10. The first-order valence-corrected chi connectivity index (χ1v) is 8.28. The first kappa shape index (κ1) is 14.5. The van der Waals surface area contributed by atoms with E-state index in [1.165, 1.54) is 29.9 Å². The predicted molar refractivity (Wildman–Crippen MR) is 85.9 cm³/mol. The van der Waals surface area contributed by atoms with Gasteiger partial charge in [0, 0.05) is 29.2 Å². The molecule has 2 aromatic heterocycles. The Kier molecular flexibility index (Phi) is 3.51. The molecule has 0 saturated heterocycles. The van der Waals surface area contributed by atoms with Crippen LogP contribution in [0.25, 0.3) is 0 Å². The van der Waals surface area contributed by atoms with Gasteiger partial charge in [-0.05, 0) is 47.5 Å². The summed E-state index contributed by atoms with van der Waals surface area (Å²) in [5.41, 5.74) is 2.29. The predicted octanol–water partition coefficient (Wildman–Crippen LogP) is 3.85. The standard InChI is InChI=1S/C15H23N5S/c1-9(12-8-20(15(3,4)5)18-10(12)2)16-14-17-13(19-21-14)11-6-7-11/h8-9,11H,6-7H2,1-5H3,(H,16,17,19). The average molecular weight is 305 g/mol. The molecule has 2 aromatic rings. The number of nitrogens with one attached hydrogen (secondary N) is 1. The van der Waals surface area contributed by atoms with Crippen LogP contribution >= 0.6 is 11.5 Å². The molecule has 1 unspecified atom stereocenters. The van der Waals surface area contributed by atoms with Gasteiger partial charge >= 0.3 is 0 Å². The number of rotatable bonds is 4. The molecule has 0 radical (unpaired) electrons. The summed E-state index contributed by atoms with van der Waals surface area (Å²) >= 11 is 1.46. The minimum absolute atomic E-state index is 0.00457. The Balaban J connectivity index is 1.74. The van der Waals surface area contributed by atoms with Gasteiger partial charge in [-0.25, -0.2) is 4.98 Å². The zero-order valence-corrected chi connectivity index (χ0v) is 14.2. The molecule has 0 spiro atoms. The SMILES string of the molecule is Cc1nn(C(C)(C)C)cc1C(C)Nc1nc(C2CC2)ns1. The summed E-state index contributed by atoms with van der Waals surface area (Å²) in [5, 5.41) is 9.00. The molecule has 1 aliphatic carbocycles. The highest BCUT2D eigenvalue weighted by atomic mass is 32.1. The van der Waals surface area contributed by atoms with Crippen LogP contribution in [0, 0.1) is 6.92 Å². The van der Waals surface area contributed by atoms with Crippen molar-refractivity contribution < 1.29 is 0 Å². The highest BCUT2D eigenvalue weighted by Gasteiger charge is 2.28. The Hall–Kier alpha value is -1.43. The molecule has 1 fully saturated rings. The van der Waals surface area contributed by atoms with Crippen molar-refractivity contribution in [3.63, 3.8) is 0 Å². The van der Waals surface area contributed by atoms with Crippen molar-refractivity contribution in [3.8, 4) is 0 Å². The van der Waals surface area contributed by atoms with E-state index in [0.29, 0.717) is 5.92 Å². The number of nitrogens with zero attached hydrogens (tertiary/aromatic N) is 4. The molecule has 1 saturated carbocycles. The minimum atomic E-state index is 0.00457. The number of aromatic nitrogens is 4. The molecule has 6 heteroatoms. The molecule has 21 heavy (non-hydrogen) atoms. The molecule has 1 aliphatic rings. The van der Waals surface area contributed by atoms with Crippen LogP contribution in [0.3, 0.4) is 0 Å². The van der Waals surface area contributed by atoms with Crippen LogP contribution in [0.1, 0.15) is 69.6 Å². The summed E-state index contributed by atoms with van der Waals surface area (Å²) in [6.07, 6.45) is 4.61. The fourth-order valence-corrected chi connectivity index (χ4v) is 3.04. The Labute approximate surface area is 130 Å². The minimum Gasteiger partial charge on any atom is -0.354 e. The van der Waals surface area contributed by atoms with Crippen molar-refractivity contribution in [2.45, 2.75) is 65.0 Å². The number of anilines is 1. The quantitative estimate of drug-likeness (QED) is 0.932. The van der Waals surface area contributed by atoms with Gasteiger partial charge in [0.25, 0.3) is 0 Å². The van der Waals surface area contributed by atoms with Crippen LogP contribution in [-0.2, 0) is 5.54 Å². The first-order valence-electron chi connectivity index (χ1n) is 7.51. The Bertz CT molecular complexity index is 633. The molecule has 5 nitrogen and oxygen atoms in total. The zero-order chi connectivity index (χ0) is 15.2. The summed E-state index contributed by atoms with van der Waals surface area (Å²) < 4.78 is 6.47. The van der Waals surface area contributed by atoms with E-state index in [4.69, 9.17) is 0 Å². The largest absolute Gasteiger partial charge is 0.354 e. The summed E-state index contributed by atoms with van der Waals surface area (Å²) in [6, 6.07) is 0.182. The van der Waals surface area contributed by atoms with Gasteiger partial charge in [0.2, 0.25) is 5.13 Å². The van der Waals surface area contributed by atoms with Gasteiger partial charge in [-0.3, -0.25) is 4.68 Å². The summed E-state index contributed by atoms with van der Waals surface area (Å²) in [6.45, 7) is 10.7. The lowest BCUT2D eigenvalue weighted by Crippen LogP contribution is -2.22. The molecule has 114 valence electrons. The normalized spacial score (nSPS) is 17.0. The Morgan fingerprint density at radius 1 is 1.38 bits per heavy atom. The second-order valence-electron chi connectivity index (χ2n) is 6.88. The topological polar surface area (TPSA) is 55.6 Å². The van der Waals surface area contributed by atoms with E-state index < -0.39 is 0 Å². The van der Waals surface area contributed by atoms with Crippen LogP contribution in [0.15, 0.2) is 6.20 Å². The van der Waals surface area contributed by atoms with Crippen LogP contribution in [0.4, 0.5) is 5.13 Å². The van der Waals surface area contributed by atoms with E-state index in [1.807, 2.05) is 4.68 Å². The summed E-state index contributed by atoms with van der Waals surface area (Å²) in [4.78, 5) is 4.59. The second kappa shape index (κ2) is 5.09. The van der Waals surface area contributed by atoms with Gasteiger partial charge in [0.1, 0.15) is 5.82 Å². The zero-order valence-electron chi connectivity index (χ0n) is 13.3. The van der Waals surface area contributed by atoms with E-state index in [-0.39, 0.29) is 11.6 Å². The van der Waals surface area contributed by atoms with Crippen LogP contribution in [0.5, 0.6) is 0 Å². The molecule has 1 atom stereocenters. The maximum atomic E-state index is 4.63. The molecule has 2 heterocycles. The molecule has 0 aliphatic heterocycles. The molecular formula is C15H23N5S. The highest BCUT2D eigenvalue weighted by Crippen LogP contribution is 2.39. The number of hydrogen-bond donors (Lipinski definition) is 1. The molecular weight excluding hydrogens is 282 g/mol. The van der Waals surface area contributed by atoms with Gasteiger partial charge in [-0.1, -0.05) is 0 Å². The molecule has 0 aromatic carbocycles.